The lowest BCUT2D eigenvalue weighted by atomic mass is 10.3. The molecule has 6 nitrogen and oxygen atoms in total. The molecular formula is C10H8N3O3S-. The number of aryl methyl sites for hydroxylation is 1. The third-order valence-electron chi connectivity index (χ3n) is 2.57. The van der Waals surface area contributed by atoms with Gasteiger partial charge in [0.05, 0.1) is 15.9 Å². The van der Waals surface area contributed by atoms with Crippen molar-refractivity contribution in [3.63, 3.8) is 0 Å². The van der Waals surface area contributed by atoms with Gasteiger partial charge in [-0.25, -0.2) is 17.9 Å². The molecule has 0 bridgehead atoms. The summed E-state index contributed by atoms with van der Waals surface area (Å²) in [6, 6.07) is 5.98. The largest absolute Gasteiger partial charge is 0.744 e. The maximum Gasteiger partial charge on any atom is 0.154 e. The minimum absolute atomic E-state index is 0.262. The fraction of sp³-hybridized carbons (Fsp3) is 0.100. The maximum atomic E-state index is 10.9. The molecule has 0 amide bonds. The molecule has 0 fully saturated rings. The van der Waals surface area contributed by atoms with Crippen molar-refractivity contribution in [2.24, 2.45) is 0 Å². The summed E-state index contributed by atoms with van der Waals surface area (Å²) in [7, 11) is -4.43. The molecule has 0 radical (unpaired) electrons. The van der Waals surface area contributed by atoms with Gasteiger partial charge in [0.2, 0.25) is 0 Å². The van der Waals surface area contributed by atoms with Crippen LogP contribution in [0, 0.1) is 6.92 Å². The Labute approximate surface area is 96.6 Å². The molecule has 17 heavy (non-hydrogen) atoms. The van der Waals surface area contributed by atoms with Gasteiger partial charge in [0.25, 0.3) is 0 Å². The van der Waals surface area contributed by atoms with Gasteiger partial charge in [0, 0.05) is 11.8 Å². The van der Waals surface area contributed by atoms with Crippen LogP contribution in [0.1, 0.15) is 5.69 Å². The van der Waals surface area contributed by atoms with Gasteiger partial charge in [0.15, 0.2) is 5.65 Å². The highest BCUT2D eigenvalue weighted by atomic mass is 32.2. The van der Waals surface area contributed by atoms with Crippen LogP contribution in [0.25, 0.3) is 16.7 Å². The maximum absolute atomic E-state index is 10.9. The van der Waals surface area contributed by atoms with Crippen LogP contribution in [0.3, 0.4) is 0 Å². The Morgan fingerprint density at radius 3 is 2.82 bits per heavy atom. The molecule has 0 spiro atoms. The number of aromatic nitrogens is 3. The van der Waals surface area contributed by atoms with E-state index in [1.807, 2.05) is 13.0 Å². The first-order valence-corrected chi connectivity index (χ1v) is 6.30. The quantitative estimate of drug-likeness (QED) is 0.653. The Morgan fingerprint density at radius 2 is 2.12 bits per heavy atom. The Bertz CT molecular complexity index is 829. The van der Waals surface area contributed by atoms with Crippen LogP contribution < -0.4 is 0 Å². The summed E-state index contributed by atoms with van der Waals surface area (Å²) in [5.41, 5.74) is 2.86. The van der Waals surface area contributed by atoms with Crippen molar-refractivity contribution >= 4 is 26.8 Å². The third-order valence-corrected chi connectivity index (χ3v) is 3.41. The molecule has 0 aliphatic carbocycles. The minimum Gasteiger partial charge on any atom is -0.744 e. The van der Waals surface area contributed by atoms with Crippen LogP contribution in [0.15, 0.2) is 29.2 Å². The zero-order valence-corrected chi connectivity index (χ0v) is 9.65. The molecule has 3 rings (SSSR count). The molecule has 7 heteroatoms. The zero-order chi connectivity index (χ0) is 12.2. The Morgan fingerprint density at radius 1 is 1.35 bits per heavy atom. The monoisotopic (exact) mass is 250 g/mol. The molecule has 88 valence electrons. The van der Waals surface area contributed by atoms with Gasteiger partial charge in [0.1, 0.15) is 10.1 Å². The predicted octanol–water partition coefficient (Wildman–Crippen LogP) is 1.03. The normalized spacial score (nSPS) is 12.6. The van der Waals surface area contributed by atoms with Crippen molar-refractivity contribution in [1.82, 2.24) is 14.6 Å². The van der Waals surface area contributed by atoms with Crippen LogP contribution in [-0.4, -0.2) is 27.6 Å². The van der Waals surface area contributed by atoms with Crippen molar-refractivity contribution < 1.29 is 13.0 Å². The number of hydrogen-bond donors (Lipinski definition) is 1. The highest BCUT2D eigenvalue weighted by Gasteiger charge is 2.09. The van der Waals surface area contributed by atoms with Gasteiger partial charge < -0.3 is 4.55 Å². The average molecular weight is 250 g/mol. The molecule has 1 aromatic carbocycles. The molecule has 0 atom stereocenters. The van der Waals surface area contributed by atoms with E-state index in [9.17, 15) is 13.0 Å². The standard InChI is InChI=1S/C10H9N3O3S/c1-6-4-10-11-8-5-7(17(14,15)16)2-3-9(8)13(10)12-6/h2-5,12H,1H3,(H,14,15,16)/p-1. The Kier molecular flexibility index (Phi) is 1.87. The van der Waals surface area contributed by atoms with Crippen molar-refractivity contribution in [2.45, 2.75) is 11.8 Å². The van der Waals surface area contributed by atoms with Crippen molar-refractivity contribution in [3.05, 3.63) is 30.0 Å². The Hall–Kier alpha value is -1.86. The first-order chi connectivity index (χ1) is 7.95. The molecule has 2 aromatic heterocycles. The van der Waals surface area contributed by atoms with Crippen LogP contribution in [0.2, 0.25) is 0 Å². The van der Waals surface area contributed by atoms with Gasteiger partial charge in [-0.15, -0.1) is 0 Å². The first kappa shape index (κ1) is 10.3. The van der Waals surface area contributed by atoms with Crippen molar-refractivity contribution in [2.75, 3.05) is 0 Å². The molecule has 1 N–H and O–H groups in total. The number of rotatable bonds is 1. The molecule has 0 aliphatic rings. The predicted molar refractivity (Wildman–Crippen MR) is 59.7 cm³/mol. The lowest BCUT2D eigenvalue weighted by Crippen LogP contribution is -1.98. The zero-order valence-electron chi connectivity index (χ0n) is 8.84. The molecule has 0 saturated heterocycles. The smallest absolute Gasteiger partial charge is 0.154 e. The summed E-state index contributed by atoms with van der Waals surface area (Å²) in [6.07, 6.45) is 0. The summed E-state index contributed by atoms with van der Waals surface area (Å²) in [5, 5.41) is 3.07. The molecule has 0 saturated carbocycles. The van der Waals surface area contributed by atoms with E-state index < -0.39 is 10.1 Å². The number of hydrogen-bond acceptors (Lipinski definition) is 4. The van der Waals surface area contributed by atoms with Gasteiger partial charge >= 0.3 is 0 Å². The number of nitrogens with one attached hydrogen (secondary N) is 1. The van der Waals surface area contributed by atoms with Gasteiger partial charge in [-0.2, -0.15) is 0 Å². The van der Waals surface area contributed by atoms with E-state index in [2.05, 4.69) is 10.1 Å². The fourth-order valence-electron chi connectivity index (χ4n) is 1.85. The number of aromatic amines is 1. The molecule has 3 aromatic rings. The number of H-pyrrole nitrogens is 1. The minimum atomic E-state index is -4.43. The molecular weight excluding hydrogens is 242 g/mol. The third kappa shape index (κ3) is 1.51. The summed E-state index contributed by atoms with van der Waals surface area (Å²) in [4.78, 5) is 3.98. The van der Waals surface area contributed by atoms with E-state index in [0.717, 1.165) is 11.2 Å². The van der Waals surface area contributed by atoms with E-state index in [1.54, 1.807) is 10.6 Å². The molecule has 0 unspecified atom stereocenters. The lowest BCUT2D eigenvalue weighted by molar-refractivity contribution is 0.463. The number of imidazole rings is 1. The number of nitrogens with zero attached hydrogens (tertiary/aromatic N) is 2. The van der Waals surface area contributed by atoms with Gasteiger partial charge in [-0.1, -0.05) is 0 Å². The van der Waals surface area contributed by atoms with Gasteiger partial charge in [-0.3, -0.25) is 5.10 Å². The Balaban J connectivity index is 2.38. The first-order valence-electron chi connectivity index (χ1n) is 4.89. The lowest BCUT2D eigenvalue weighted by Gasteiger charge is -2.05. The van der Waals surface area contributed by atoms with E-state index in [1.165, 1.54) is 12.1 Å². The van der Waals surface area contributed by atoms with Crippen LogP contribution in [0.5, 0.6) is 0 Å². The van der Waals surface area contributed by atoms with Crippen LogP contribution in [-0.2, 0) is 10.1 Å². The van der Waals surface area contributed by atoms with Crippen LogP contribution in [0.4, 0.5) is 0 Å². The second-order valence-electron chi connectivity index (χ2n) is 3.85. The number of benzene rings is 1. The number of fused-ring (bicyclic) bond motifs is 3. The van der Waals surface area contributed by atoms with Gasteiger partial charge in [-0.05, 0) is 25.1 Å². The summed E-state index contributed by atoms with van der Waals surface area (Å²) in [5.74, 6) is 0. The van der Waals surface area contributed by atoms with Crippen LogP contribution >= 0.6 is 0 Å². The van der Waals surface area contributed by atoms with Crippen molar-refractivity contribution in [3.8, 4) is 0 Å². The highest BCUT2D eigenvalue weighted by molar-refractivity contribution is 7.85. The summed E-state index contributed by atoms with van der Waals surface area (Å²) < 4.78 is 34.4. The summed E-state index contributed by atoms with van der Waals surface area (Å²) in [6.45, 7) is 1.90. The SMILES string of the molecule is Cc1cc2nc3cc(S(=O)(=O)[O-])ccc3n2[nH]1. The average Bonchev–Trinajstić information content (AvgIpc) is 2.71. The van der Waals surface area contributed by atoms with E-state index in [4.69, 9.17) is 0 Å². The molecule has 2 heterocycles. The highest BCUT2D eigenvalue weighted by Crippen LogP contribution is 2.20. The van der Waals surface area contributed by atoms with Crippen molar-refractivity contribution in [1.29, 1.82) is 0 Å². The topological polar surface area (TPSA) is 90.3 Å². The van der Waals surface area contributed by atoms with E-state index in [-0.39, 0.29) is 4.90 Å². The second-order valence-corrected chi connectivity index (χ2v) is 5.23. The second kappa shape index (κ2) is 3.08. The fourth-order valence-corrected chi connectivity index (χ4v) is 2.34. The van der Waals surface area contributed by atoms with E-state index >= 15 is 0 Å². The van der Waals surface area contributed by atoms with E-state index in [0.29, 0.717) is 11.2 Å². The summed E-state index contributed by atoms with van der Waals surface area (Å²) >= 11 is 0. The molecule has 0 aliphatic heterocycles.